The van der Waals surface area contributed by atoms with Crippen LogP contribution in [0.25, 0.3) is 21.5 Å². The largest absolute Gasteiger partial charge is 0.484 e. The summed E-state index contributed by atoms with van der Waals surface area (Å²) in [6.07, 6.45) is -9.49. The quantitative estimate of drug-likeness (QED) is 0.214. The Morgan fingerprint density at radius 2 is 1.25 bits per heavy atom. The molecule has 1 N–H and O–H groups in total. The maximum absolute atomic E-state index is 13.1. The average Bonchev–Trinajstić information content (AvgIpc) is 2.79. The Morgan fingerprint density at radius 3 is 1.89 bits per heavy atom. The molecule has 0 radical (unpaired) electrons. The lowest BCUT2D eigenvalue weighted by molar-refractivity contribution is -0.154. The molecule has 5 nitrogen and oxygen atoms in total. The molecule has 0 aromatic heterocycles. The van der Waals surface area contributed by atoms with E-state index >= 15 is 0 Å². The first-order valence-corrected chi connectivity index (χ1v) is 11.8. The SMILES string of the molecule is O=S(=O)(Nc1ccc2cc3ccccc3cc2c1)c1cc(OCC(F)(F)F)ccc1OCC(F)(F)F. The van der Waals surface area contributed by atoms with E-state index in [9.17, 15) is 34.8 Å². The summed E-state index contributed by atoms with van der Waals surface area (Å²) in [4.78, 5) is -0.815. The standard InChI is InChI=1S/C24H17F6NO4S/c25-23(26,27)13-34-20-7-8-21(35-14-24(28,29)30)22(12-20)36(32,33)31-19-6-5-17-9-15-3-1-2-4-16(15)10-18(17)11-19/h1-12,31H,13-14H2. The van der Waals surface area contributed by atoms with Gasteiger partial charge in [0.1, 0.15) is 16.4 Å². The summed E-state index contributed by atoms with van der Waals surface area (Å²) in [5.41, 5.74) is 0.0844. The van der Waals surface area contributed by atoms with E-state index in [1.165, 1.54) is 12.1 Å². The van der Waals surface area contributed by atoms with E-state index in [4.69, 9.17) is 0 Å². The summed E-state index contributed by atoms with van der Waals surface area (Å²) < 4.78 is 113. The molecule has 0 aliphatic heterocycles. The molecule has 190 valence electrons. The first-order chi connectivity index (χ1) is 16.8. The minimum absolute atomic E-state index is 0.0844. The molecular formula is C24H17F6NO4S. The van der Waals surface area contributed by atoms with Crippen molar-refractivity contribution < 1.29 is 44.2 Å². The van der Waals surface area contributed by atoms with Crippen LogP contribution in [0.2, 0.25) is 0 Å². The molecule has 0 heterocycles. The van der Waals surface area contributed by atoms with Gasteiger partial charge in [0.05, 0.1) is 0 Å². The van der Waals surface area contributed by atoms with Crippen LogP contribution < -0.4 is 14.2 Å². The molecule has 0 amide bonds. The van der Waals surface area contributed by atoms with Crippen LogP contribution in [0.1, 0.15) is 0 Å². The van der Waals surface area contributed by atoms with Gasteiger partial charge in [-0.3, -0.25) is 4.72 Å². The Kier molecular flexibility index (Phi) is 6.65. The van der Waals surface area contributed by atoms with Gasteiger partial charge in [-0.1, -0.05) is 30.3 Å². The van der Waals surface area contributed by atoms with Gasteiger partial charge < -0.3 is 9.47 Å². The third-order valence-electron chi connectivity index (χ3n) is 4.96. The van der Waals surface area contributed by atoms with E-state index in [1.54, 1.807) is 6.07 Å². The van der Waals surface area contributed by atoms with E-state index < -0.39 is 52.0 Å². The first-order valence-electron chi connectivity index (χ1n) is 10.3. The lowest BCUT2D eigenvalue weighted by Gasteiger charge is -2.17. The number of rotatable bonds is 7. The van der Waals surface area contributed by atoms with Crippen LogP contribution in [0.15, 0.2) is 77.7 Å². The summed E-state index contributed by atoms with van der Waals surface area (Å²) in [6, 6.07) is 18.3. The van der Waals surface area contributed by atoms with Crippen molar-refractivity contribution in [2.45, 2.75) is 17.2 Å². The zero-order valence-corrected chi connectivity index (χ0v) is 19.0. The van der Waals surface area contributed by atoms with Gasteiger partial charge in [-0.15, -0.1) is 0 Å². The fourth-order valence-electron chi connectivity index (χ4n) is 3.45. The highest BCUT2D eigenvalue weighted by Crippen LogP contribution is 2.33. The summed E-state index contributed by atoms with van der Waals surface area (Å²) >= 11 is 0. The average molecular weight is 529 g/mol. The number of hydrogen-bond donors (Lipinski definition) is 1. The number of benzene rings is 4. The third-order valence-corrected chi connectivity index (χ3v) is 6.36. The fourth-order valence-corrected chi connectivity index (χ4v) is 4.66. The van der Waals surface area contributed by atoms with Crippen molar-refractivity contribution in [2.75, 3.05) is 17.9 Å². The van der Waals surface area contributed by atoms with Gasteiger partial charge in [0.25, 0.3) is 10.0 Å². The molecule has 0 saturated carbocycles. The molecule has 4 rings (SSSR count). The maximum atomic E-state index is 13.1. The highest BCUT2D eigenvalue weighted by molar-refractivity contribution is 7.92. The molecule has 4 aromatic carbocycles. The number of fused-ring (bicyclic) bond motifs is 2. The topological polar surface area (TPSA) is 64.6 Å². The number of alkyl halides is 6. The minimum Gasteiger partial charge on any atom is -0.484 e. The van der Waals surface area contributed by atoms with E-state index in [2.05, 4.69) is 14.2 Å². The van der Waals surface area contributed by atoms with Crippen molar-refractivity contribution >= 4 is 37.3 Å². The van der Waals surface area contributed by atoms with Crippen LogP contribution in [-0.2, 0) is 10.0 Å². The number of ether oxygens (including phenoxy) is 2. The normalized spacial score (nSPS) is 12.6. The smallest absolute Gasteiger partial charge is 0.422 e. The zero-order valence-electron chi connectivity index (χ0n) is 18.2. The second-order valence-corrected chi connectivity index (χ2v) is 9.43. The molecule has 0 saturated heterocycles. The monoisotopic (exact) mass is 529 g/mol. The van der Waals surface area contributed by atoms with E-state index in [1.807, 2.05) is 36.4 Å². The highest BCUT2D eigenvalue weighted by Gasteiger charge is 2.31. The van der Waals surface area contributed by atoms with Crippen LogP contribution in [-0.4, -0.2) is 34.0 Å². The molecule has 0 bridgehead atoms. The second-order valence-electron chi connectivity index (χ2n) is 7.78. The second kappa shape index (κ2) is 9.41. The van der Waals surface area contributed by atoms with Crippen molar-refractivity contribution in [1.29, 1.82) is 0 Å². The van der Waals surface area contributed by atoms with Crippen molar-refractivity contribution in [1.82, 2.24) is 0 Å². The Morgan fingerprint density at radius 1 is 0.667 bits per heavy atom. The van der Waals surface area contributed by atoms with Crippen molar-refractivity contribution in [2.24, 2.45) is 0 Å². The minimum atomic E-state index is -4.78. The van der Waals surface area contributed by atoms with Gasteiger partial charge in [0.2, 0.25) is 0 Å². The number of halogens is 6. The highest BCUT2D eigenvalue weighted by atomic mass is 32.2. The molecule has 12 heteroatoms. The van der Waals surface area contributed by atoms with Crippen molar-refractivity contribution in [3.05, 3.63) is 72.8 Å². The Bertz CT molecular complexity index is 1520. The van der Waals surface area contributed by atoms with Crippen molar-refractivity contribution in [3.63, 3.8) is 0 Å². The summed E-state index contributed by atoms with van der Waals surface area (Å²) in [7, 11) is -4.60. The van der Waals surface area contributed by atoms with E-state index in [-0.39, 0.29) is 5.69 Å². The van der Waals surface area contributed by atoms with Gasteiger partial charge in [0.15, 0.2) is 13.2 Å². The molecule has 0 aliphatic carbocycles. The first kappa shape index (κ1) is 25.4. The predicted octanol–water partition coefficient (Wildman–Crippen LogP) is 6.68. The van der Waals surface area contributed by atoms with E-state index in [0.717, 1.165) is 28.3 Å². The predicted molar refractivity (Wildman–Crippen MR) is 122 cm³/mol. The van der Waals surface area contributed by atoms with Crippen LogP contribution in [0.3, 0.4) is 0 Å². The Balaban J connectivity index is 1.68. The van der Waals surface area contributed by atoms with Crippen LogP contribution >= 0.6 is 0 Å². The molecule has 0 aliphatic rings. The molecule has 4 aromatic rings. The van der Waals surface area contributed by atoms with Gasteiger partial charge in [-0.2, -0.15) is 26.3 Å². The Labute approximate surface area is 201 Å². The van der Waals surface area contributed by atoms with Crippen molar-refractivity contribution in [3.8, 4) is 11.5 Å². The summed E-state index contributed by atoms with van der Waals surface area (Å²) in [5.74, 6) is -1.22. The van der Waals surface area contributed by atoms with Gasteiger partial charge >= 0.3 is 12.4 Å². The zero-order chi connectivity index (χ0) is 26.1. The number of nitrogens with one attached hydrogen (secondary N) is 1. The lowest BCUT2D eigenvalue weighted by Crippen LogP contribution is -2.22. The molecule has 0 spiro atoms. The van der Waals surface area contributed by atoms with Crippen LogP contribution in [0.4, 0.5) is 32.0 Å². The molecule has 0 unspecified atom stereocenters. The van der Waals surface area contributed by atoms with Gasteiger partial charge in [0, 0.05) is 11.8 Å². The summed E-state index contributed by atoms with van der Waals surface area (Å²) in [6.45, 7) is -3.53. The molecule has 0 atom stereocenters. The summed E-state index contributed by atoms with van der Waals surface area (Å²) in [5, 5.41) is 3.38. The number of anilines is 1. The molecule has 36 heavy (non-hydrogen) atoms. The van der Waals surface area contributed by atoms with Gasteiger partial charge in [-0.25, -0.2) is 8.42 Å². The lowest BCUT2D eigenvalue weighted by atomic mass is 10.0. The maximum Gasteiger partial charge on any atom is 0.422 e. The van der Waals surface area contributed by atoms with E-state index in [0.29, 0.717) is 11.5 Å². The molecular weight excluding hydrogens is 512 g/mol. The number of sulfonamides is 1. The van der Waals surface area contributed by atoms with Crippen LogP contribution in [0.5, 0.6) is 11.5 Å². The Hall–Kier alpha value is -3.67. The van der Waals surface area contributed by atoms with Gasteiger partial charge in [-0.05, 0) is 57.9 Å². The fraction of sp³-hybridized carbons (Fsp3) is 0.167. The van der Waals surface area contributed by atoms with Crippen LogP contribution in [0, 0.1) is 0 Å². The number of hydrogen-bond acceptors (Lipinski definition) is 4. The molecule has 0 fully saturated rings. The third kappa shape index (κ3) is 6.30.